The van der Waals surface area contributed by atoms with Crippen LogP contribution in [0.25, 0.3) is 11.1 Å². The highest BCUT2D eigenvalue weighted by atomic mass is 19.1. The molecule has 82 valence electrons. The summed E-state index contributed by atoms with van der Waals surface area (Å²) >= 11 is 0. The van der Waals surface area contributed by atoms with Crippen LogP contribution in [0.1, 0.15) is 12.5 Å². The molecule has 2 rings (SSSR count). The van der Waals surface area contributed by atoms with Gasteiger partial charge in [0.15, 0.2) is 0 Å². The highest BCUT2D eigenvalue weighted by Gasteiger charge is 2.02. The Kier molecular flexibility index (Phi) is 2.91. The number of hydrogen-bond donors (Lipinski definition) is 1. The summed E-state index contributed by atoms with van der Waals surface area (Å²) in [6.45, 7) is 2.11. The average molecular weight is 215 g/mol. The van der Waals surface area contributed by atoms with Crippen LogP contribution in [0, 0.1) is 5.82 Å². The summed E-state index contributed by atoms with van der Waals surface area (Å²) in [5.41, 5.74) is 8.77. The van der Waals surface area contributed by atoms with Crippen LogP contribution < -0.4 is 5.73 Å². The van der Waals surface area contributed by atoms with Crippen molar-refractivity contribution in [3.63, 3.8) is 0 Å². The summed E-state index contributed by atoms with van der Waals surface area (Å²) < 4.78 is 13.3. The van der Waals surface area contributed by atoms with Crippen molar-refractivity contribution in [3.8, 4) is 11.1 Å². The van der Waals surface area contributed by atoms with Gasteiger partial charge in [-0.2, -0.15) is 0 Å². The normalized spacial score (nSPS) is 10.4. The molecular formula is C14H14FN. The van der Waals surface area contributed by atoms with Crippen molar-refractivity contribution >= 4 is 5.69 Å². The van der Waals surface area contributed by atoms with E-state index in [1.165, 1.54) is 11.6 Å². The maximum Gasteiger partial charge on any atom is 0.146 e. The Morgan fingerprint density at radius 1 is 1.00 bits per heavy atom. The second-order valence-electron chi connectivity index (χ2n) is 3.79. The first-order chi connectivity index (χ1) is 7.70. The molecule has 0 amide bonds. The van der Waals surface area contributed by atoms with Crippen molar-refractivity contribution in [2.45, 2.75) is 13.3 Å². The Hall–Kier alpha value is -1.83. The first-order valence-corrected chi connectivity index (χ1v) is 5.35. The van der Waals surface area contributed by atoms with E-state index in [0.29, 0.717) is 0 Å². The van der Waals surface area contributed by atoms with Gasteiger partial charge in [0.25, 0.3) is 0 Å². The number of benzene rings is 2. The summed E-state index contributed by atoms with van der Waals surface area (Å²) in [6, 6.07) is 13.0. The molecule has 0 aromatic heterocycles. The summed E-state index contributed by atoms with van der Waals surface area (Å²) in [5, 5.41) is 0. The quantitative estimate of drug-likeness (QED) is 0.760. The van der Waals surface area contributed by atoms with Crippen LogP contribution in [0.3, 0.4) is 0 Å². The van der Waals surface area contributed by atoms with Gasteiger partial charge in [0.2, 0.25) is 0 Å². The van der Waals surface area contributed by atoms with Gasteiger partial charge in [-0.1, -0.05) is 37.3 Å². The molecule has 1 nitrogen and oxygen atoms in total. The van der Waals surface area contributed by atoms with E-state index >= 15 is 0 Å². The van der Waals surface area contributed by atoms with E-state index in [0.717, 1.165) is 17.5 Å². The third-order valence-electron chi connectivity index (χ3n) is 2.70. The molecule has 2 aromatic carbocycles. The van der Waals surface area contributed by atoms with Crippen LogP contribution >= 0.6 is 0 Å². The zero-order valence-electron chi connectivity index (χ0n) is 9.20. The molecule has 0 spiro atoms. The fourth-order valence-corrected chi connectivity index (χ4v) is 1.64. The maximum absolute atomic E-state index is 13.3. The standard InChI is InChI=1S/C14H14FN/c1-2-10-3-5-11(6-4-10)12-7-8-14(16)13(15)9-12/h3-9H,2,16H2,1H3. The second-order valence-corrected chi connectivity index (χ2v) is 3.79. The smallest absolute Gasteiger partial charge is 0.146 e. The van der Waals surface area contributed by atoms with Crippen molar-refractivity contribution < 1.29 is 4.39 Å². The molecular weight excluding hydrogens is 201 g/mol. The Morgan fingerprint density at radius 3 is 2.19 bits per heavy atom. The molecule has 0 aliphatic heterocycles. The predicted octanol–water partition coefficient (Wildman–Crippen LogP) is 3.64. The van der Waals surface area contributed by atoms with E-state index in [4.69, 9.17) is 5.73 Å². The summed E-state index contributed by atoms with van der Waals surface area (Å²) in [4.78, 5) is 0. The Morgan fingerprint density at radius 2 is 1.62 bits per heavy atom. The molecule has 0 aliphatic carbocycles. The summed E-state index contributed by atoms with van der Waals surface area (Å²) in [7, 11) is 0. The second kappa shape index (κ2) is 4.35. The van der Waals surface area contributed by atoms with Crippen LogP contribution in [0.5, 0.6) is 0 Å². The number of nitrogens with two attached hydrogens (primary N) is 1. The SMILES string of the molecule is CCc1ccc(-c2ccc(N)c(F)c2)cc1. The molecule has 0 saturated heterocycles. The molecule has 2 heteroatoms. The average Bonchev–Trinajstić information content (AvgIpc) is 2.33. The minimum absolute atomic E-state index is 0.189. The van der Waals surface area contributed by atoms with E-state index < -0.39 is 0 Å². The Labute approximate surface area is 94.7 Å². The molecule has 0 radical (unpaired) electrons. The minimum Gasteiger partial charge on any atom is -0.396 e. The molecule has 0 fully saturated rings. The van der Waals surface area contributed by atoms with Gasteiger partial charge in [-0.15, -0.1) is 0 Å². The Bertz CT molecular complexity index is 489. The third kappa shape index (κ3) is 2.06. The van der Waals surface area contributed by atoms with Gasteiger partial charge in [-0.05, 0) is 35.2 Å². The van der Waals surface area contributed by atoms with Gasteiger partial charge in [0, 0.05) is 0 Å². The van der Waals surface area contributed by atoms with E-state index in [1.54, 1.807) is 6.07 Å². The van der Waals surface area contributed by atoms with Crippen LogP contribution in [0.4, 0.5) is 10.1 Å². The largest absolute Gasteiger partial charge is 0.396 e. The Balaban J connectivity index is 2.38. The maximum atomic E-state index is 13.3. The van der Waals surface area contributed by atoms with Crippen molar-refractivity contribution in [1.82, 2.24) is 0 Å². The zero-order valence-corrected chi connectivity index (χ0v) is 9.20. The fraction of sp³-hybridized carbons (Fsp3) is 0.143. The predicted molar refractivity (Wildman–Crippen MR) is 65.6 cm³/mol. The zero-order chi connectivity index (χ0) is 11.5. The number of rotatable bonds is 2. The molecule has 0 aliphatic rings. The highest BCUT2D eigenvalue weighted by molar-refractivity contribution is 5.66. The molecule has 0 bridgehead atoms. The minimum atomic E-state index is -0.364. The first-order valence-electron chi connectivity index (χ1n) is 5.35. The lowest BCUT2D eigenvalue weighted by Gasteiger charge is -2.04. The molecule has 2 N–H and O–H groups in total. The van der Waals surface area contributed by atoms with Gasteiger partial charge in [-0.3, -0.25) is 0 Å². The van der Waals surface area contributed by atoms with Gasteiger partial charge in [0.1, 0.15) is 5.82 Å². The van der Waals surface area contributed by atoms with E-state index in [-0.39, 0.29) is 11.5 Å². The lowest BCUT2D eigenvalue weighted by molar-refractivity contribution is 0.633. The number of hydrogen-bond acceptors (Lipinski definition) is 1. The van der Waals surface area contributed by atoms with Crippen molar-refractivity contribution in [2.75, 3.05) is 5.73 Å². The van der Waals surface area contributed by atoms with Gasteiger partial charge < -0.3 is 5.73 Å². The lowest BCUT2D eigenvalue weighted by Crippen LogP contribution is -1.90. The molecule has 0 unspecified atom stereocenters. The van der Waals surface area contributed by atoms with Crippen LogP contribution in [-0.2, 0) is 6.42 Å². The van der Waals surface area contributed by atoms with Crippen LogP contribution in [0.2, 0.25) is 0 Å². The monoisotopic (exact) mass is 215 g/mol. The van der Waals surface area contributed by atoms with Crippen LogP contribution in [-0.4, -0.2) is 0 Å². The van der Waals surface area contributed by atoms with Gasteiger partial charge >= 0.3 is 0 Å². The number of nitrogen functional groups attached to an aromatic ring is 1. The molecule has 16 heavy (non-hydrogen) atoms. The van der Waals surface area contributed by atoms with E-state index in [2.05, 4.69) is 19.1 Å². The van der Waals surface area contributed by atoms with Gasteiger partial charge in [-0.25, -0.2) is 4.39 Å². The van der Waals surface area contributed by atoms with Crippen molar-refractivity contribution in [1.29, 1.82) is 0 Å². The van der Waals surface area contributed by atoms with Crippen LogP contribution in [0.15, 0.2) is 42.5 Å². The number of halogens is 1. The molecule has 2 aromatic rings. The molecule has 0 saturated carbocycles. The third-order valence-corrected chi connectivity index (χ3v) is 2.70. The van der Waals surface area contributed by atoms with E-state index in [1.807, 2.05) is 18.2 Å². The van der Waals surface area contributed by atoms with Crippen molar-refractivity contribution in [3.05, 3.63) is 53.8 Å². The topological polar surface area (TPSA) is 26.0 Å². The lowest BCUT2D eigenvalue weighted by atomic mass is 10.0. The summed E-state index contributed by atoms with van der Waals surface area (Å²) in [5.74, 6) is -0.364. The number of aryl methyl sites for hydroxylation is 1. The molecule has 0 atom stereocenters. The molecule has 0 heterocycles. The fourth-order valence-electron chi connectivity index (χ4n) is 1.64. The van der Waals surface area contributed by atoms with Gasteiger partial charge in [0.05, 0.1) is 5.69 Å². The van der Waals surface area contributed by atoms with Crippen molar-refractivity contribution in [2.24, 2.45) is 0 Å². The summed E-state index contributed by atoms with van der Waals surface area (Å²) in [6.07, 6.45) is 1.01. The number of anilines is 1. The first kappa shape index (κ1) is 10.7. The van der Waals surface area contributed by atoms with E-state index in [9.17, 15) is 4.39 Å². The highest BCUT2D eigenvalue weighted by Crippen LogP contribution is 2.23.